The third-order valence-electron chi connectivity index (χ3n) is 3.10. The number of carbonyl (C=O) groups is 1. The van der Waals surface area contributed by atoms with Gasteiger partial charge in [-0.15, -0.1) is 0 Å². The lowest BCUT2D eigenvalue weighted by molar-refractivity contribution is 0.0821. The van der Waals surface area contributed by atoms with E-state index < -0.39 is 0 Å². The number of benzene rings is 1. The molecule has 0 radical (unpaired) electrons. The summed E-state index contributed by atoms with van der Waals surface area (Å²) in [5.74, 6) is -0.0896. The van der Waals surface area contributed by atoms with E-state index in [0.29, 0.717) is 5.69 Å². The highest BCUT2D eigenvalue weighted by Crippen LogP contribution is 2.16. The average Bonchev–Trinajstić information content (AvgIpc) is 2.87. The Bertz CT molecular complexity index is 616. The van der Waals surface area contributed by atoms with Crippen molar-refractivity contribution in [1.29, 1.82) is 0 Å². The minimum Gasteiger partial charge on any atom is -0.343 e. The third-order valence-corrected chi connectivity index (χ3v) is 3.10. The number of rotatable bonds is 4. The van der Waals surface area contributed by atoms with Crippen molar-refractivity contribution in [3.05, 3.63) is 47.3 Å². The number of nitrogens with one attached hydrogen (secondary N) is 1. The smallest absolute Gasteiger partial charge is 0.273 e. The molecule has 0 aliphatic rings. The van der Waals surface area contributed by atoms with Crippen LogP contribution in [0.15, 0.2) is 30.5 Å². The zero-order valence-electron chi connectivity index (χ0n) is 12.3. The molecule has 0 spiro atoms. The Morgan fingerprint density at radius 3 is 2.70 bits per heavy atom. The number of carbonyl (C=O) groups excluding carboxylic acids is 1. The van der Waals surface area contributed by atoms with Crippen LogP contribution < -0.4 is 5.32 Å². The number of aryl methyl sites for hydroxylation is 1. The molecule has 1 aromatic heterocycles. The molecule has 0 saturated heterocycles. The quantitative estimate of drug-likeness (QED) is 0.920. The van der Waals surface area contributed by atoms with Crippen molar-refractivity contribution in [3.63, 3.8) is 0 Å². The number of aromatic nitrogens is 2. The van der Waals surface area contributed by atoms with Crippen LogP contribution >= 0.6 is 0 Å². The molecule has 5 heteroatoms. The molecule has 106 valence electrons. The SMILES string of the molecule is CNCc1ccc(-n2ccc(C(=O)N(C)C)n2)c(C)c1. The zero-order chi connectivity index (χ0) is 14.7. The van der Waals surface area contributed by atoms with E-state index in [1.54, 1.807) is 24.8 Å². The topological polar surface area (TPSA) is 50.2 Å². The standard InChI is InChI=1S/C15H20N4O/c1-11-9-12(10-16-2)5-6-14(11)19-8-7-13(17-19)15(20)18(3)4/h5-9,16H,10H2,1-4H3. The first-order chi connectivity index (χ1) is 9.52. The van der Waals surface area contributed by atoms with Crippen LogP contribution in [0.4, 0.5) is 0 Å². The van der Waals surface area contributed by atoms with Gasteiger partial charge in [0.15, 0.2) is 5.69 Å². The normalized spacial score (nSPS) is 10.6. The van der Waals surface area contributed by atoms with Crippen LogP contribution in [0.5, 0.6) is 0 Å². The molecule has 0 saturated carbocycles. The molecule has 0 atom stereocenters. The fraction of sp³-hybridized carbons (Fsp3) is 0.333. The van der Waals surface area contributed by atoms with Gasteiger partial charge >= 0.3 is 0 Å². The maximum Gasteiger partial charge on any atom is 0.273 e. The van der Waals surface area contributed by atoms with E-state index in [2.05, 4.69) is 22.5 Å². The molecule has 1 heterocycles. The summed E-state index contributed by atoms with van der Waals surface area (Å²) in [5.41, 5.74) is 3.80. The molecule has 0 fully saturated rings. The lowest BCUT2D eigenvalue weighted by Crippen LogP contribution is -2.22. The van der Waals surface area contributed by atoms with Crippen LogP contribution in [0.25, 0.3) is 5.69 Å². The monoisotopic (exact) mass is 272 g/mol. The van der Waals surface area contributed by atoms with Crippen LogP contribution in [0.3, 0.4) is 0 Å². The van der Waals surface area contributed by atoms with Crippen molar-refractivity contribution in [2.75, 3.05) is 21.1 Å². The van der Waals surface area contributed by atoms with Gasteiger partial charge in [0.05, 0.1) is 5.69 Å². The highest BCUT2D eigenvalue weighted by Gasteiger charge is 2.12. The van der Waals surface area contributed by atoms with Crippen LogP contribution in [-0.4, -0.2) is 41.7 Å². The molecule has 1 aromatic carbocycles. The summed E-state index contributed by atoms with van der Waals surface area (Å²) in [6, 6.07) is 7.96. The molecule has 0 aliphatic carbocycles. The van der Waals surface area contributed by atoms with Gasteiger partial charge in [-0.1, -0.05) is 12.1 Å². The summed E-state index contributed by atoms with van der Waals surface area (Å²) in [5, 5.41) is 7.48. The van der Waals surface area contributed by atoms with Crippen LogP contribution in [0.1, 0.15) is 21.6 Å². The molecule has 2 rings (SSSR count). The minimum absolute atomic E-state index is 0.0896. The zero-order valence-corrected chi connectivity index (χ0v) is 12.3. The highest BCUT2D eigenvalue weighted by molar-refractivity contribution is 5.91. The van der Waals surface area contributed by atoms with Gasteiger partial charge in [0.2, 0.25) is 0 Å². The van der Waals surface area contributed by atoms with Crippen LogP contribution in [0.2, 0.25) is 0 Å². The van der Waals surface area contributed by atoms with E-state index in [-0.39, 0.29) is 5.91 Å². The fourth-order valence-electron chi connectivity index (χ4n) is 2.09. The van der Waals surface area contributed by atoms with Gasteiger partial charge in [0.25, 0.3) is 5.91 Å². The first-order valence-corrected chi connectivity index (χ1v) is 6.54. The maximum absolute atomic E-state index is 11.9. The molecule has 2 aromatic rings. The summed E-state index contributed by atoms with van der Waals surface area (Å²) in [7, 11) is 5.37. The van der Waals surface area contributed by atoms with Gasteiger partial charge in [-0.3, -0.25) is 4.79 Å². The fourth-order valence-corrected chi connectivity index (χ4v) is 2.09. The largest absolute Gasteiger partial charge is 0.343 e. The molecule has 1 amide bonds. The second kappa shape index (κ2) is 5.88. The van der Waals surface area contributed by atoms with Crippen LogP contribution in [-0.2, 0) is 6.54 Å². The molecule has 0 bridgehead atoms. The Morgan fingerprint density at radius 1 is 1.35 bits per heavy atom. The van der Waals surface area contributed by atoms with Crippen molar-refractivity contribution in [1.82, 2.24) is 20.0 Å². The van der Waals surface area contributed by atoms with Crippen molar-refractivity contribution in [3.8, 4) is 5.69 Å². The van der Waals surface area contributed by atoms with Crippen molar-refractivity contribution in [2.24, 2.45) is 0 Å². The summed E-state index contributed by atoms with van der Waals surface area (Å²) < 4.78 is 1.75. The molecule has 1 N–H and O–H groups in total. The second-order valence-electron chi connectivity index (χ2n) is 5.00. The van der Waals surface area contributed by atoms with E-state index in [0.717, 1.165) is 17.8 Å². The van der Waals surface area contributed by atoms with Gasteiger partial charge in [-0.25, -0.2) is 4.68 Å². The van der Waals surface area contributed by atoms with E-state index in [1.165, 1.54) is 10.5 Å². The Morgan fingerprint density at radius 2 is 2.10 bits per heavy atom. The Labute approximate surface area is 119 Å². The molecule has 20 heavy (non-hydrogen) atoms. The van der Waals surface area contributed by atoms with E-state index >= 15 is 0 Å². The Hall–Kier alpha value is -2.14. The van der Waals surface area contributed by atoms with Crippen molar-refractivity contribution >= 4 is 5.91 Å². The summed E-state index contributed by atoms with van der Waals surface area (Å²) >= 11 is 0. The van der Waals surface area contributed by atoms with E-state index in [4.69, 9.17) is 0 Å². The third kappa shape index (κ3) is 2.88. The molecular formula is C15H20N4O. The van der Waals surface area contributed by atoms with Gasteiger partial charge < -0.3 is 10.2 Å². The second-order valence-corrected chi connectivity index (χ2v) is 5.00. The molecule has 5 nitrogen and oxygen atoms in total. The highest BCUT2D eigenvalue weighted by atomic mass is 16.2. The lowest BCUT2D eigenvalue weighted by atomic mass is 10.1. The van der Waals surface area contributed by atoms with Gasteiger partial charge in [0, 0.05) is 26.8 Å². The average molecular weight is 272 g/mol. The predicted octanol–water partition coefficient (Wildman–Crippen LogP) is 1.60. The van der Waals surface area contributed by atoms with Crippen molar-refractivity contribution < 1.29 is 4.79 Å². The van der Waals surface area contributed by atoms with Gasteiger partial charge in [0.1, 0.15) is 0 Å². The first-order valence-electron chi connectivity index (χ1n) is 6.54. The Balaban J connectivity index is 2.30. The number of hydrogen-bond donors (Lipinski definition) is 1. The van der Waals surface area contributed by atoms with Gasteiger partial charge in [-0.2, -0.15) is 5.10 Å². The molecule has 0 aliphatic heterocycles. The van der Waals surface area contributed by atoms with E-state index in [1.807, 2.05) is 26.2 Å². The molecular weight excluding hydrogens is 252 g/mol. The van der Waals surface area contributed by atoms with Crippen LogP contribution in [0, 0.1) is 6.92 Å². The van der Waals surface area contributed by atoms with E-state index in [9.17, 15) is 4.79 Å². The lowest BCUT2D eigenvalue weighted by Gasteiger charge is -2.09. The Kier molecular flexibility index (Phi) is 4.20. The first kappa shape index (κ1) is 14.3. The number of nitrogens with zero attached hydrogens (tertiary/aromatic N) is 3. The summed E-state index contributed by atoms with van der Waals surface area (Å²) in [4.78, 5) is 13.4. The predicted molar refractivity (Wildman–Crippen MR) is 79.1 cm³/mol. The van der Waals surface area contributed by atoms with Crippen molar-refractivity contribution in [2.45, 2.75) is 13.5 Å². The maximum atomic E-state index is 11.9. The number of amides is 1. The molecule has 0 unspecified atom stereocenters. The van der Waals surface area contributed by atoms with Gasteiger partial charge in [-0.05, 0) is 37.2 Å². The summed E-state index contributed by atoms with van der Waals surface area (Å²) in [6.07, 6.45) is 1.82. The summed E-state index contributed by atoms with van der Waals surface area (Å²) in [6.45, 7) is 2.88. The minimum atomic E-state index is -0.0896. The number of hydrogen-bond acceptors (Lipinski definition) is 3.